The maximum atomic E-state index is 6.06. The van der Waals surface area contributed by atoms with E-state index in [0.29, 0.717) is 11.0 Å². The molecular formula is C15H17ClN2O. The Balaban J connectivity index is 2.43. The predicted molar refractivity (Wildman–Crippen MR) is 77.8 cm³/mol. The summed E-state index contributed by atoms with van der Waals surface area (Å²) in [5, 5.41) is 0.488. The van der Waals surface area contributed by atoms with Crippen molar-refractivity contribution in [1.82, 2.24) is 9.97 Å². The molecule has 0 N–H and O–H groups in total. The average molecular weight is 277 g/mol. The van der Waals surface area contributed by atoms with Gasteiger partial charge in [0.2, 0.25) is 0 Å². The molecule has 3 nitrogen and oxygen atoms in total. The monoisotopic (exact) mass is 276 g/mol. The first-order valence-corrected chi connectivity index (χ1v) is 6.70. The summed E-state index contributed by atoms with van der Waals surface area (Å²) in [5.74, 6) is 1.53. The molecule has 4 heteroatoms. The van der Waals surface area contributed by atoms with E-state index < -0.39 is 0 Å². The van der Waals surface area contributed by atoms with E-state index in [-0.39, 0.29) is 0 Å². The zero-order valence-electron chi connectivity index (χ0n) is 11.4. The van der Waals surface area contributed by atoms with Gasteiger partial charge in [-0.15, -0.1) is 0 Å². The molecule has 2 rings (SSSR count). The summed E-state index contributed by atoms with van der Waals surface area (Å²) >= 11 is 6.06. The smallest absolute Gasteiger partial charge is 0.161 e. The van der Waals surface area contributed by atoms with E-state index >= 15 is 0 Å². The quantitative estimate of drug-likeness (QED) is 0.790. The number of hydrogen-bond acceptors (Lipinski definition) is 3. The van der Waals surface area contributed by atoms with Crippen LogP contribution in [-0.4, -0.2) is 17.1 Å². The highest BCUT2D eigenvalue weighted by atomic mass is 35.5. The highest BCUT2D eigenvalue weighted by Crippen LogP contribution is 2.25. The second kappa shape index (κ2) is 6.02. The first-order chi connectivity index (χ1) is 9.13. The molecule has 0 atom stereocenters. The molecule has 1 aromatic heterocycles. The molecule has 100 valence electrons. The maximum Gasteiger partial charge on any atom is 0.161 e. The van der Waals surface area contributed by atoms with Crippen molar-refractivity contribution in [3.8, 4) is 17.1 Å². The Kier molecular flexibility index (Phi) is 4.38. The number of halogens is 1. The van der Waals surface area contributed by atoms with E-state index in [1.165, 1.54) is 0 Å². The lowest BCUT2D eigenvalue weighted by Crippen LogP contribution is -1.97. The first-order valence-electron chi connectivity index (χ1n) is 6.32. The van der Waals surface area contributed by atoms with Gasteiger partial charge in [0.05, 0.1) is 7.11 Å². The number of nitrogens with zero attached hydrogens (tertiary/aromatic N) is 2. The van der Waals surface area contributed by atoms with Gasteiger partial charge >= 0.3 is 0 Å². The zero-order chi connectivity index (χ0) is 13.8. The number of benzene rings is 1. The van der Waals surface area contributed by atoms with Crippen molar-refractivity contribution in [3.05, 3.63) is 40.7 Å². The van der Waals surface area contributed by atoms with Crippen LogP contribution in [0.15, 0.2) is 24.3 Å². The third-order valence-electron chi connectivity index (χ3n) is 2.91. The minimum Gasteiger partial charge on any atom is -0.496 e. The van der Waals surface area contributed by atoms with Crippen molar-refractivity contribution in [3.63, 3.8) is 0 Å². The fourth-order valence-electron chi connectivity index (χ4n) is 2.00. The molecule has 0 amide bonds. The van der Waals surface area contributed by atoms with E-state index in [1.54, 1.807) is 7.11 Å². The minimum absolute atomic E-state index is 0.488. The molecule has 0 bridgehead atoms. The standard InChI is InChI=1S/C15H17ClN2O/c1-4-5-12-9-14(16)18-15(17-12)11-6-7-13(19-3)10(2)8-11/h6-9H,4-5H2,1-3H3. The number of rotatable bonds is 4. The number of ether oxygens (including phenoxy) is 1. The van der Waals surface area contributed by atoms with Gasteiger partial charge in [-0.1, -0.05) is 24.9 Å². The molecule has 1 heterocycles. The second-order valence-corrected chi connectivity index (χ2v) is 4.83. The molecule has 0 saturated carbocycles. The summed E-state index contributed by atoms with van der Waals surface area (Å²) < 4.78 is 5.25. The first kappa shape index (κ1) is 13.8. The summed E-state index contributed by atoms with van der Waals surface area (Å²) in [6, 6.07) is 7.72. The average Bonchev–Trinajstić information content (AvgIpc) is 2.38. The fraction of sp³-hybridized carbons (Fsp3) is 0.333. The summed E-state index contributed by atoms with van der Waals surface area (Å²) in [6.07, 6.45) is 1.94. The van der Waals surface area contributed by atoms with Gasteiger partial charge in [0, 0.05) is 11.3 Å². The molecule has 0 aliphatic rings. The van der Waals surface area contributed by atoms with Gasteiger partial charge in [0.15, 0.2) is 5.82 Å². The molecule has 0 fully saturated rings. The van der Waals surface area contributed by atoms with Crippen LogP contribution in [0.2, 0.25) is 5.15 Å². The van der Waals surface area contributed by atoms with Crippen LogP contribution in [0.4, 0.5) is 0 Å². The van der Waals surface area contributed by atoms with E-state index in [0.717, 1.165) is 35.4 Å². The van der Waals surface area contributed by atoms with Crippen LogP contribution in [0, 0.1) is 6.92 Å². The molecule has 0 aliphatic carbocycles. The normalized spacial score (nSPS) is 10.5. The molecular weight excluding hydrogens is 260 g/mol. The van der Waals surface area contributed by atoms with Crippen molar-refractivity contribution in [2.75, 3.05) is 7.11 Å². The summed E-state index contributed by atoms with van der Waals surface area (Å²) in [6.45, 7) is 4.12. The van der Waals surface area contributed by atoms with Gasteiger partial charge in [0.25, 0.3) is 0 Å². The van der Waals surface area contributed by atoms with Crippen molar-refractivity contribution in [2.24, 2.45) is 0 Å². The van der Waals surface area contributed by atoms with Crippen LogP contribution >= 0.6 is 11.6 Å². The Labute approximate surface area is 118 Å². The highest BCUT2D eigenvalue weighted by Gasteiger charge is 2.07. The third-order valence-corrected chi connectivity index (χ3v) is 3.10. The van der Waals surface area contributed by atoms with E-state index in [4.69, 9.17) is 16.3 Å². The Morgan fingerprint density at radius 1 is 1.21 bits per heavy atom. The lowest BCUT2D eigenvalue weighted by atomic mass is 10.1. The van der Waals surface area contributed by atoms with Crippen molar-refractivity contribution < 1.29 is 4.74 Å². The van der Waals surface area contributed by atoms with Crippen molar-refractivity contribution in [2.45, 2.75) is 26.7 Å². The van der Waals surface area contributed by atoms with Crippen LogP contribution in [0.25, 0.3) is 11.4 Å². The van der Waals surface area contributed by atoms with Gasteiger partial charge in [-0.25, -0.2) is 9.97 Å². The molecule has 0 spiro atoms. The minimum atomic E-state index is 0.488. The highest BCUT2D eigenvalue weighted by molar-refractivity contribution is 6.29. The van der Waals surface area contributed by atoms with E-state index in [1.807, 2.05) is 31.2 Å². The van der Waals surface area contributed by atoms with Crippen LogP contribution in [0.3, 0.4) is 0 Å². The summed E-state index contributed by atoms with van der Waals surface area (Å²) in [5.41, 5.74) is 2.99. The van der Waals surface area contributed by atoms with Crippen molar-refractivity contribution in [1.29, 1.82) is 0 Å². The number of aromatic nitrogens is 2. The second-order valence-electron chi connectivity index (χ2n) is 4.44. The van der Waals surface area contributed by atoms with E-state index in [2.05, 4.69) is 16.9 Å². The van der Waals surface area contributed by atoms with E-state index in [9.17, 15) is 0 Å². The van der Waals surface area contributed by atoms with Gasteiger partial charge in [0.1, 0.15) is 10.9 Å². The van der Waals surface area contributed by atoms with Gasteiger partial charge in [-0.05, 0) is 43.2 Å². The number of methoxy groups -OCH3 is 1. The zero-order valence-corrected chi connectivity index (χ0v) is 12.2. The Morgan fingerprint density at radius 2 is 2.00 bits per heavy atom. The summed E-state index contributed by atoms with van der Waals surface area (Å²) in [4.78, 5) is 8.85. The van der Waals surface area contributed by atoms with Crippen LogP contribution in [-0.2, 0) is 6.42 Å². The van der Waals surface area contributed by atoms with Gasteiger partial charge in [-0.3, -0.25) is 0 Å². The Hall–Kier alpha value is -1.61. The lowest BCUT2D eigenvalue weighted by Gasteiger charge is -2.08. The summed E-state index contributed by atoms with van der Waals surface area (Å²) in [7, 11) is 1.66. The molecule has 0 saturated heterocycles. The largest absolute Gasteiger partial charge is 0.496 e. The van der Waals surface area contributed by atoms with Gasteiger partial charge in [-0.2, -0.15) is 0 Å². The molecule has 19 heavy (non-hydrogen) atoms. The molecule has 0 radical (unpaired) electrons. The van der Waals surface area contributed by atoms with Crippen molar-refractivity contribution >= 4 is 11.6 Å². The Bertz CT molecular complexity index is 584. The molecule has 0 aliphatic heterocycles. The van der Waals surface area contributed by atoms with Crippen LogP contribution in [0.1, 0.15) is 24.6 Å². The third kappa shape index (κ3) is 3.24. The maximum absolute atomic E-state index is 6.06. The molecule has 1 aromatic carbocycles. The van der Waals surface area contributed by atoms with Gasteiger partial charge < -0.3 is 4.74 Å². The topological polar surface area (TPSA) is 35.0 Å². The molecule has 2 aromatic rings. The number of aryl methyl sites for hydroxylation is 2. The number of hydrogen-bond donors (Lipinski definition) is 0. The predicted octanol–water partition coefficient (Wildman–Crippen LogP) is 4.07. The SMILES string of the molecule is CCCc1cc(Cl)nc(-c2ccc(OC)c(C)c2)n1. The lowest BCUT2D eigenvalue weighted by molar-refractivity contribution is 0.412. The van der Waals surface area contributed by atoms with Crippen LogP contribution < -0.4 is 4.74 Å². The molecule has 0 unspecified atom stereocenters. The van der Waals surface area contributed by atoms with Crippen LogP contribution in [0.5, 0.6) is 5.75 Å². The fourth-order valence-corrected chi connectivity index (χ4v) is 2.20. The Morgan fingerprint density at radius 3 is 2.63 bits per heavy atom.